The maximum absolute atomic E-state index is 13.4. The largest absolute Gasteiger partial charge is 0.465 e. The van der Waals surface area contributed by atoms with Gasteiger partial charge < -0.3 is 15.2 Å². The van der Waals surface area contributed by atoms with Crippen LogP contribution in [0.25, 0.3) is 0 Å². The highest BCUT2D eigenvalue weighted by atomic mass is 35.5. The molecule has 2 unspecified atom stereocenters. The van der Waals surface area contributed by atoms with Crippen LogP contribution in [0.1, 0.15) is 46.2 Å². The molecular weight excluding hydrogens is 492 g/mol. The third kappa shape index (κ3) is 6.07. The monoisotopic (exact) mass is 518 g/mol. The fourth-order valence-corrected chi connectivity index (χ4v) is 5.63. The van der Waals surface area contributed by atoms with Gasteiger partial charge in [-0.25, -0.2) is 13.2 Å². The SMILES string of the molecule is COC(=O)c1ccc(CS(=O)(=O)c2nnc(C(N)Cc3ccc(Cl)cc3)n2CC2CCCO2)cc1. The van der Waals surface area contributed by atoms with E-state index >= 15 is 0 Å². The number of aromatic nitrogens is 3. The van der Waals surface area contributed by atoms with Crippen LogP contribution in [0.2, 0.25) is 5.02 Å². The van der Waals surface area contributed by atoms with Crippen LogP contribution in [-0.2, 0) is 38.0 Å². The van der Waals surface area contributed by atoms with E-state index in [2.05, 4.69) is 14.9 Å². The topological polar surface area (TPSA) is 126 Å². The summed E-state index contributed by atoms with van der Waals surface area (Å²) in [6.07, 6.45) is 2.03. The lowest BCUT2D eigenvalue weighted by atomic mass is 10.1. The quantitative estimate of drug-likeness (QED) is 0.428. The molecule has 9 nitrogen and oxygen atoms in total. The summed E-state index contributed by atoms with van der Waals surface area (Å²) in [5.41, 5.74) is 8.27. The van der Waals surface area contributed by atoms with E-state index in [0.29, 0.717) is 41.5 Å². The first-order valence-corrected chi connectivity index (χ1v) is 13.2. The van der Waals surface area contributed by atoms with Gasteiger partial charge in [0.2, 0.25) is 15.0 Å². The molecule has 1 saturated heterocycles. The summed E-state index contributed by atoms with van der Waals surface area (Å²) in [5.74, 6) is -0.407. The van der Waals surface area contributed by atoms with E-state index in [0.717, 1.165) is 18.4 Å². The molecule has 2 N–H and O–H groups in total. The first kappa shape index (κ1) is 25.3. The second-order valence-corrected chi connectivity index (χ2v) is 10.8. The number of rotatable bonds is 9. The predicted octanol–water partition coefficient (Wildman–Crippen LogP) is 3.11. The number of methoxy groups -OCH3 is 1. The van der Waals surface area contributed by atoms with Gasteiger partial charge in [-0.1, -0.05) is 35.9 Å². The number of carbonyl (C=O) groups excluding carboxylic acids is 1. The van der Waals surface area contributed by atoms with Crippen molar-refractivity contribution in [3.8, 4) is 0 Å². The van der Waals surface area contributed by atoms with Crippen molar-refractivity contribution in [2.24, 2.45) is 5.73 Å². The average Bonchev–Trinajstić information content (AvgIpc) is 3.51. The van der Waals surface area contributed by atoms with Gasteiger partial charge in [0.05, 0.1) is 37.1 Å². The van der Waals surface area contributed by atoms with Crippen LogP contribution in [0.5, 0.6) is 0 Å². The van der Waals surface area contributed by atoms with Gasteiger partial charge in [-0.2, -0.15) is 0 Å². The molecule has 2 atom stereocenters. The Balaban J connectivity index is 1.61. The number of nitrogens with zero attached hydrogens (tertiary/aromatic N) is 3. The minimum atomic E-state index is -3.87. The number of hydrogen-bond acceptors (Lipinski definition) is 8. The van der Waals surface area contributed by atoms with Crippen molar-refractivity contribution in [2.45, 2.75) is 48.9 Å². The van der Waals surface area contributed by atoms with Gasteiger partial charge in [0.1, 0.15) is 0 Å². The van der Waals surface area contributed by atoms with Gasteiger partial charge in [-0.15, -0.1) is 10.2 Å². The van der Waals surface area contributed by atoms with Crippen LogP contribution in [-0.4, -0.2) is 49.0 Å². The Hall–Kier alpha value is -2.79. The van der Waals surface area contributed by atoms with Crippen molar-refractivity contribution < 1.29 is 22.7 Å². The standard InChI is InChI=1S/C24H27ClN4O5S/c1-33-23(30)18-8-4-17(5-9-18)15-35(31,32)24-28-27-22(29(24)14-20-3-2-12-34-20)21(26)13-16-6-10-19(25)11-7-16/h4-11,20-21H,2-3,12-15,26H2,1H3. The minimum absolute atomic E-state index is 0.138. The molecule has 4 rings (SSSR count). The molecule has 35 heavy (non-hydrogen) atoms. The molecule has 1 aliphatic heterocycles. The van der Waals surface area contributed by atoms with Gasteiger partial charge in [-0.05, 0) is 54.7 Å². The predicted molar refractivity (Wildman–Crippen MR) is 130 cm³/mol. The Morgan fingerprint density at radius 2 is 1.86 bits per heavy atom. The van der Waals surface area contributed by atoms with Crippen molar-refractivity contribution in [1.82, 2.24) is 14.8 Å². The Labute approximate surface area is 209 Å². The van der Waals surface area contributed by atoms with Gasteiger partial charge in [0, 0.05) is 11.6 Å². The Kier molecular flexibility index (Phi) is 7.85. The number of carbonyl (C=O) groups is 1. The summed E-state index contributed by atoms with van der Waals surface area (Å²) >= 11 is 5.98. The molecular formula is C24H27ClN4O5S. The maximum atomic E-state index is 13.4. The van der Waals surface area contributed by atoms with Crippen LogP contribution in [0.4, 0.5) is 0 Å². The fraction of sp³-hybridized carbons (Fsp3) is 0.375. The average molecular weight is 519 g/mol. The molecule has 0 spiro atoms. The van der Waals surface area contributed by atoms with Gasteiger partial charge >= 0.3 is 5.97 Å². The summed E-state index contributed by atoms with van der Waals surface area (Å²) in [6.45, 7) is 0.931. The van der Waals surface area contributed by atoms with Crippen LogP contribution < -0.4 is 5.73 Å². The number of nitrogens with two attached hydrogens (primary N) is 1. The zero-order valence-corrected chi connectivity index (χ0v) is 20.8. The molecule has 1 aromatic heterocycles. The molecule has 0 aliphatic carbocycles. The van der Waals surface area contributed by atoms with Crippen molar-refractivity contribution in [3.63, 3.8) is 0 Å². The normalized spacial score (nSPS) is 16.8. The lowest BCUT2D eigenvalue weighted by Crippen LogP contribution is -2.25. The molecule has 0 amide bonds. The third-order valence-electron chi connectivity index (χ3n) is 5.87. The highest BCUT2D eigenvalue weighted by molar-refractivity contribution is 7.90. The molecule has 186 valence electrons. The summed E-state index contributed by atoms with van der Waals surface area (Å²) in [7, 11) is -2.58. The molecule has 3 aromatic rings. The number of esters is 1. The molecule has 0 saturated carbocycles. The van der Waals surface area contributed by atoms with E-state index in [9.17, 15) is 13.2 Å². The molecule has 1 aliphatic rings. The van der Waals surface area contributed by atoms with Crippen LogP contribution in [0, 0.1) is 0 Å². The van der Waals surface area contributed by atoms with E-state index in [4.69, 9.17) is 22.1 Å². The van der Waals surface area contributed by atoms with Gasteiger partial charge in [0.25, 0.3) is 0 Å². The Morgan fingerprint density at radius 3 is 2.49 bits per heavy atom. The number of halogens is 1. The van der Waals surface area contributed by atoms with Crippen molar-refractivity contribution in [3.05, 3.63) is 76.1 Å². The summed E-state index contributed by atoms with van der Waals surface area (Å²) in [5, 5.41) is 8.73. The molecule has 0 radical (unpaired) electrons. The zero-order chi connectivity index (χ0) is 25.0. The maximum Gasteiger partial charge on any atom is 0.337 e. The molecule has 11 heteroatoms. The molecule has 2 aromatic carbocycles. The lowest BCUT2D eigenvalue weighted by Gasteiger charge is -2.18. The summed E-state index contributed by atoms with van der Waals surface area (Å²) < 4.78 is 38.8. The van der Waals surface area contributed by atoms with Gasteiger partial charge in [0.15, 0.2) is 5.82 Å². The van der Waals surface area contributed by atoms with E-state index in [1.165, 1.54) is 19.2 Å². The number of benzene rings is 2. The van der Waals surface area contributed by atoms with Gasteiger partial charge in [-0.3, -0.25) is 4.57 Å². The highest BCUT2D eigenvalue weighted by Gasteiger charge is 2.30. The van der Waals surface area contributed by atoms with Crippen LogP contribution in [0.3, 0.4) is 0 Å². The number of sulfone groups is 1. The van der Waals surface area contributed by atoms with E-state index in [1.807, 2.05) is 12.1 Å². The third-order valence-corrected chi connectivity index (χ3v) is 7.69. The molecule has 1 fully saturated rings. The first-order valence-electron chi connectivity index (χ1n) is 11.2. The minimum Gasteiger partial charge on any atom is -0.465 e. The van der Waals surface area contributed by atoms with Crippen molar-refractivity contribution in [2.75, 3.05) is 13.7 Å². The van der Waals surface area contributed by atoms with Crippen LogP contribution in [0.15, 0.2) is 53.7 Å². The first-order chi connectivity index (χ1) is 16.8. The second-order valence-electron chi connectivity index (χ2n) is 8.47. The van der Waals surface area contributed by atoms with E-state index in [-0.39, 0.29) is 17.0 Å². The Morgan fingerprint density at radius 1 is 1.17 bits per heavy atom. The van der Waals surface area contributed by atoms with Crippen molar-refractivity contribution >= 4 is 27.4 Å². The summed E-state index contributed by atoms with van der Waals surface area (Å²) in [4.78, 5) is 11.7. The van der Waals surface area contributed by atoms with E-state index < -0.39 is 21.8 Å². The zero-order valence-electron chi connectivity index (χ0n) is 19.3. The van der Waals surface area contributed by atoms with E-state index in [1.54, 1.807) is 28.8 Å². The lowest BCUT2D eigenvalue weighted by molar-refractivity contribution is 0.0600. The molecule has 2 heterocycles. The number of ether oxygens (including phenoxy) is 2. The smallest absolute Gasteiger partial charge is 0.337 e. The highest BCUT2D eigenvalue weighted by Crippen LogP contribution is 2.24. The van der Waals surface area contributed by atoms with Crippen molar-refractivity contribution in [1.29, 1.82) is 0 Å². The molecule has 0 bridgehead atoms. The second kappa shape index (κ2) is 10.9. The Bertz CT molecular complexity index is 1270. The van der Waals surface area contributed by atoms with Crippen LogP contribution >= 0.6 is 11.6 Å². The fourth-order valence-electron chi connectivity index (χ4n) is 4.07. The number of hydrogen-bond donors (Lipinski definition) is 1. The summed E-state index contributed by atoms with van der Waals surface area (Å²) in [6, 6.07) is 13.0.